The van der Waals surface area contributed by atoms with Crippen LogP contribution in [0.2, 0.25) is 0 Å². The van der Waals surface area contributed by atoms with Crippen molar-refractivity contribution in [2.75, 3.05) is 26.8 Å². The average Bonchev–Trinajstić information content (AvgIpc) is 2.42. The number of benzene rings is 1. The molecule has 1 aromatic carbocycles. The number of hydrogen-bond acceptors (Lipinski definition) is 3. The fraction of sp³-hybridized carbons (Fsp3) is 0.571. The summed E-state index contributed by atoms with van der Waals surface area (Å²) in [4.78, 5) is 2.41. The standard InChI is InChI=1S/C14H21BrN2O/c1-17(13-6-8-18-9-7-13)14(10-16)11-2-4-12(15)5-3-11/h2-5,13-14H,6-10,16H2,1H3. The minimum atomic E-state index is 0.293. The molecule has 100 valence electrons. The summed E-state index contributed by atoms with van der Waals surface area (Å²) in [5.74, 6) is 0. The molecule has 1 aliphatic rings. The molecular weight excluding hydrogens is 292 g/mol. The van der Waals surface area contributed by atoms with E-state index in [0.717, 1.165) is 30.5 Å². The highest BCUT2D eigenvalue weighted by atomic mass is 79.9. The van der Waals surface area contributed by atoms with Gasteiger partial charge in [0.25, 0.3) is 0 Å². The van der Waals surface area contributed by atoms with Crippen molar-refractivity contribution in [3.05, 3.63) is 34.3 Å². The Balaban J connectivity index is 2.09. The van der Waals surface area contributed by atoms with Gasteiger partial charge < -0.3 is 10.5 Å². The third-order valence-electron chi connectivity index (χ3n) is 3.74. The van der Waals surface area contributed by atoms with E-state index in [1.54, 1.807) is 0 Å². The van der Waals surface area contributed by atoms with Crippen molar-refractivity contribution in [3.8, 4) is 0 Å². The highest BCUT2D eigenvalue weighted by Gasteiger charge is 2.24. The van der Waals surface area contributed by atoms with Crippen LogP contribution in [0.1, 0.15) is 24.4 Å². The predicted octanol–water partition coefficient (Wildman–Crippen LogP) is 2.56. The zero-order valence-electron chi connectivity index (χ0n) is 10.8. The lowest BCUT2D eigenvalue weighted by Gasteiger charge is -2.36. The molecule has 0 radical (unpaired) electrons. The molecule has 1 unspecified atom stereocenters. The number of likely N-dealkylation sites (N-methyl/N-ethyl adjacent to an activating group) is 1. The first-order valence-corrected chi connectivity index (χ1v) is 7.27. The molecule has 4 heteroatoms. The minimum absolute atomic E-state index is 0.293. The van der Waals surface area contributed by atoms with Gasteiger partial charge in [-0.25, -0.2) is 0 Å². The van der Waals surface area contributed by atoms with Crippen LogP contribution in [-0.4, -0.2) is 37.7 Å². The van der Waals surface area contributed by atoms with E-state index in [4.69, 9.17) is 10.5 Å². The highest BCUT2D eigenvalue weighted by molar-refractivity contribution is 9.10. The molecule has 1 aromatic rings. The zero-order chi connectivity index (χ0) is 13.0. The van der Waals surface area contributed by atoms with Crippen LogP contribution in [0.25, 0.3) is 0 Å². The van der Waals surface area contributed by atoms with Crippen molar-refractivity contribution >= 4 is 15.9 Å². The molecule has 1 fully saturated rings. The normalized spacial score (nSPS) is 19.1. The van der Waals surface area contributed by atoms with Gasteiger partial charge in [-0.3, -0.25) is 4.90 Å². The largest absolute Gasteiger partial charge is 0.381 e. The molecule has 0 amide bonds. The van der Waals surface area contributed by atoms with E-state index in [0.29, 0.717) is 18.6 Å². The van der Waals surface area contributed by atoms with Crippen LogP contribution >= 0.6 is 15.9 Å². The maximum absolute atomic E-state index is 5.97. The third kappa shape index (κ3) is 3.32. The molecule has 0 aliphatic carbocycles. The van der Waals surface area contributed by atoms with Crippen LogP contribution in [0.4, 0.5) is 0 Å². The fourth-order valence-corrected chi connectivity index (χ4v) is 2.83. The first-order chi connectivity index (χ1) is 8.72. The predicted molar refractivity (Wildman–Crippen MR) is 77.5 cm³/mol. The topological polar surface area (TPSA) is 38.5 Å². The monoisotopic (exact) mass is 312 g/mol. The van der Waals surface area contributed by atoms with Crippen LogP contribution < -0.4 is 5.73 Å². The number of halogens is 1. The van der Waals surface area contributed by atoms with Crippen molar-refractivity contribution in [3.63, 3.8) is 0 Å². The van der Waals surface area contributed by atoms with Crippen LogP contribution in [0.3, 0.4) is 0 Å². The molecule has 0 bridgehead atoms. The molecule has 2 N–H and O–H groups in total. The Morgan fingerprint density at radius 3 is 2.50 bits per heavy atom. The van der Waals surface area contributed by atoms with Gasteiger partial charge in [0, 0.05) is 36.3 Å². The van der Waals surface area contributed by atoms with Gasteiger partial charge in [0.2, 0.25) is 0 Å². The molecule has 0 aromatic heterocycles. The molecule has 1 atom stereocenters. The highest BCUT2D eigenvalue weighted by Crippen LogP contribution is 2.25. The lowest BCUT2D eigenvalue weighted by atomic mass is 10.0. The smallest absolute Gasteiger partial charge is 0.0480 e. The van der Waals surface area contributed by atoms with Crippen molar-refractivity contribution in [2.24, 2.45) is 5.73 Å². The maximum atomic E-state index is 5.97. The summed E-state index contributed by atoms with van der Waals surface area (Å²) < 4.78 is 6.53. The SMILES string of the molecule is CN(C1CCOCC1)C(CN)c1ccc(Br)cc1. The molecule has 18 heavy (non-hydrogen) atoms. The van der Waals surface area contributed by atoms with Crippen LogP contribution in [0.5, 0.6) is 0 Å². The lowest BCUT2D eigenvalue weighted by Crippen LogP contribution is -2.41. The van der Waals surface area contributed by atoms with Gasteiger partial charge in [-0.15, -0.1) is 0 Å². The van der Waals surface area contributed by atoms with E-state index in [2.05, 4.69) is 52.1 Å². The molecule has 1 heterocycles. The molecule has 1 saturated heterocycles. The minimum Gasteiger partial charge on any atom is -0.381 e. The quantitative estimate of drug-likeness (QED) is 0.928. The molecule has 1 aliphatic heterocycles. The van der Waals surface area contributed by atoms with Gasteiger partial charge in [0.05, 0.1) is 0 Å². The first-order valence-electron chi connectivity index (χ1n) is 6.47. The Bertz CT molecular complexity index is 363. The summed E-state index contributed by atoms with van der Waals surface area (Å²) in [6.07, 6.45) is 2.20. The fourth-order valence-electron chi connectivity index (χ4n) is 2.57. The molecule has 2 rings (SSSR count). The Hall–Kier alpha value is -0.420. The van der Waals surface area contributed by atoms with E-state index < -0.39 is 0 Å². The number of ether oxygens (including phenoxy) is 1. The van der Waals surface area contributed by atoms with Gasteiger partial charge in [-0.05, 0) is 37.6 Å². The molecule has 0 saturated carbocycles. The van der Waals surface area contributed by atoms with Crippen molar-refractivity contribution in [1.82, 2.24) is 4.90 Å². The van der Waals surface area contributed by atoms with Gasteiger partial charge in [0.1, 0.15) is 0 Å². The summed E-state index contributed by atoms with van der Waals surface area (Å²) >= 11 is 3.47. The summed E-state index contributed by atoms with van der Waals surface area (Å²) in [6, 6.07) is 9.33. The van der Waals surface area contributed by atoms with E-state index in [1.165, 1.54) is 5.56 Å². The number of nitrogens with two attached hydrogens (primary N) is 1. The average molecular weight is 313 g/mol. The van der Waals surface area contributed by atoms with Crippen LogP contribution in [0.15, 0.2) is 28.7 Å². The van der Waals surface area contributed by atoms with Gasteiger partial charge in [-0.1, -0.05) is 28.1 Å². The Morgan fingerprint density at radius 2 is 1.94 bits per heavy atom. The first kappa shape index (κ1) is 14.0. The second-order valence-electron chi connectivity index (χ2n) is 4.81. The molecule has 0 spiro atoms. The molecular formula is C14H21BrN2O. The van der Waals surface area contributed by atoms with Gasteiger partial charge in [0.15, 0.2) is 0 Å². The summed E-state index contributed by atoms with van der Waals surface area (Å²) in [5.41, 5.74) is 7.25. The van der Waals surface area contributed by atoms with Crippen molar-refractivity contribution in [1.29, 1.82) is 0 Å². The summed E-state index contributed by atoms with van der Waals surface area (Å²) in [7, 11) is 2.18. The number of nitrogens with zero attached hydrogens (tertiary/aromatic N) is 1. The zero-order valence-corrected chi connectivity index (χ0v) is 12.4. The Morgan fingerprint density at radius 1 is 1.33 bits per heavy atom. The maximum Gasteiger partial charge on any atom is 0.0480 e. The molecule has 3 nitrogen and oxygen atoms in total. The summed E-state index contributed by atoms with van der Waals surface area (Å²) in [6.45, 7) is 2.38. The second-order valence-corrected chi connectivity index (χ2v) is 5.73. The van der Waals surface area contributed by atoms with Gasteiger partial charge in [-0.2, -0.15) is 0 Å². The second kappa shape index (κ2) is 6.66. The number of rotatable bonds is 4. The third-order valence-corrected chi connectivity index (χ3v) is 4.27. The van der Waals surface area contributed by atoms with Crippen LogP contribution in [-0.2, 0) is 4.74 Å². The summed E-state index contributed by atoms with van der Waals surface area (Å²) in [5, 5.41) is 0. The Kier molecular flexibility index (Phi) is 5.18. The van der Waals surface area contributed by atoms with E-state index >= 15 is 0 Å². The number of hydrogen-bond donors (Lipinski definition) is 1. The van der Waals surface area contributed by atoms with Gasteiger partial charge >= 0.3 is 0 Å². The van der Waals surface area contributed by atoms with Crippen molar-refractivity contribution in [2.45, 2.75) is 24.9 Å². The lowest BCUT2D eigenvalue weighted by molar-refractivity contribution is 0.0294. The van der Waals surface area contributed by atoms with Crippen molar-refractivity contribution < 1.29 is 4.74 Å². The van der Waals surface area contributed by atoms with E-state index in [9.17, 15) is 0 Å². The van der Waals surface area contributed by atoms with E-state index in [1.807, 2.05) is 0 Å². The Labute approximate surface area is 117 Å². The van der Waals surface area contributed by atoms with E-state index in [-0.39, 0.29) is 0 Å². The van der Waals surface area contributed by atoms with Crippen LogP contribution in [0, 0.1) is 0 Å².